The second kappa shape index (κ2) is 4.63. The second-order valence-corrected chi connectivity index (χ2v) is 4.24. The molecule has 0 aliphatic heterocycles. The van der Waals surface area contributed by atoms with Gasteiger partial charge in [-0.3, -0.25) is 0 Å². The van der Waals surface area contributed by atoms with E-state index in [1.54, 1.807) is 0 Å². The maximum atomic E-state index is 3.34. The topological polar surface area (TPSA) is 12.0 Å². The molecular weight excluding hydrogens is 166 g/mol. The van der Waals surface area contributed by atoms with Crippen molar-refractivity contribution in [2.45, 2.75) is 32.7 Å². The van der Waals surface area contributed by atoms with Crippen LogP contribution in [0.4, 0.5) is 0 Å². The summed E-state index contributed by atoms with van der Waals surface area (Å²) >= 11 is 1.83. The summed E-state index contributed by atoms with van der Waals surface area (Å²) < 4.78 is 0. The van der Waals surface area contributed by atoms with Gasteiger partial charge in [0.2, 0.25) is 0 Å². The standard InChI is InChI=1S/C10H17NS/c1-4-5-10(11-3)9-6-8(2)12-7-9/h6-7,10-11H,4-5H2,1-3H3. The predicted octanol–water partition coefficient (Wildman–Crippen LogP) is 3.12. The molecular formula is C10H17NS. The Morgan fingerprint density at radius 1 is 1.58 bits per heavy atom. The van der Waals surface area contributed by atoms with E-state index in [0.717, 1.165) is 0 Å². The Labute approximate surface area is 78.8 Å². The monoisotopic (exact) mass is 183 g/mol. The summed E-state index contributed by atoms with van der Waals surface area (Å²) in [5, 5.41) is 5.60. The van der Waals surface area contributed by atoms with E-state index in [4.69, 9.17) is 0 Å². The summed E-state index contributed by atoms with van der Waals surface area (Å²) in [6, 6.07) is 2.83. The molecule has 0 saturated carbocycles. The summed E-state index contributed by atoms with van der Waals surface area (Å²) in [5.74, 6) is 0. The first-order chi connectivity index (χ1) is 5.77. The van der Waals surface area contributed by atoms with Gasteiger partial charge >= 0.3 is 0 Å². The normalized spacial score (nSPS) is 13.2. The second-order valence-electron chi connectivity index (χ2n) is 3.12. The van der Waals surface area contributed by atoms with Crippen LogP contribution in [0.2, 0.25) is 0 Å². The van der Waals surface area contributed by atoms with Gasteiger partial charge in [-0.05, 0) is 37.4 Å². The molecule has 12 heavy (non-hydrogen) atoms. The predicted molar refractivity (Wildman–Crippen MR) is 55.8 cm³/mol. The van der Waals surface area contributed by atoms with Gasteiger partial charge in [0.25, 0.3) is 0 Å². The Hall–Kier alpha value is -0.340. The highest BCUT2D eigenvalue weighted by Crippen LogP contribution is 2.23. The molecule has 1 unspecified atom stereocenters. The summed E-state index contributed by atoms with van der Waals surface area (Å²) in [6.45, 7) is 4.39. The van der Waals surface area contributed by atoms with Crippen LogP contribution in [0.5, 0.6) is 0 Å². The molecule has 1 heterocycles. The van der Waals surface area contributed by atoms with Gasteiger partial charge in [-0.2, -0.15) is 0 Å². The zero-order valence-electron chi connectivity index (χ0n) is 8.05. The highest BCUT2D eigenvalue weighted by Gasteiger charge is 2.08. The van der Waals surface area contributed by atoms with Gasteiger partial charge in [-0.15, -0.1) is 11.3 Å². The highest BCUT2D eigenvalue weighted by molar-refractivity contribution is 7.10. The molecule has 1 nitrogen and oxygen atoms in total. The van der Waals surface area contributed by atoms with Crippen molar-refractivity contribution >= 4 is 11.3 Å². The molecule has 0 aromatic carbocycles. The van der Waals surface area contributed by atoms with Crippen LogP contribution < -0.4 is 5.32 Å². The van der Waals surface area contributed by atoms with Crippen molar-refractivity contribution in [2.24, 2.45) is 0 Å². The van der Waals surface area contributed by atoms with E-state index in [2.05, 4.69) is 30.6 Å². The number of thiophene rings is 1. The smallest absolute Gasteiger partial charge is 0.0325 e. The molecule has 0 amide bonds. The third kappa shape index (κ3) is 2.32. The maximum absolute atomic E-state index is 3.34. The van der Waals surface area contributed by atoms with Crippen molar-refractivity contribution in [2.75, 3.05) is 7.05 Å². The van der Waals surface area contributed by atoms with Crippen LogP contribution in [-0.4, -0.2) is 7.05 Å². The molecule has 0 aliphatic rings. The third-order valence-corrected chi connectivity index (χ3v) is 2.96. The maximum Gasteiger partial charge on any atom is 0.0325 e. The van der Waals surface area contributed by atoms with Crippen LogP contribution in [-0.2, 0) is 0 Å². The first-order valence-electron chi connectivity index (χ1n) is 4.50. The SMILES string of the molecule is CCCC(NC)c1csc(C)c1. The molecule has 1 rings (SSSR count). The first kappa shape index (κ1) is 9.75. The van der Waals surface area contributed by atoms with Crippen molar-refractivity contribution < 1.29 is 0 Å². The van der Waals surface area contributed by atoms with Crippen LogP contribution in [0.25, 0.3) is 0 Å². The third-order valence-electron chi connectivity index (χ3n) is 2.08. The molecule has 1 N–H and O–H groups in total. The quantitative estimate of drug-likeness (QED) is 0.756. The lowest BCUT2D eigenvalue weighted by atomic mass is 10.1. The Kier molecular flexibility index (Phi) is 3.76. The van der Waals surface area contributed by atoms with Crippen LogP contribution >= 0.6 is 11.3 Å². The van der Waals surface area contributed by atoms with Crippen LogP contribution in [0, 0.1) is 6.92 Å². The van der Waals surface area contributed by atoms with Gasteiger partial charge in [0, 0.05) is 10.9 Å². The average molecular weight is 183 g/mol. The minimum atomic E-state index is 0.556. The minimum Gasteiger partial charge on any atom is -0.313 e. The number of nitrogens with one attached hydrogen (secondary N) is 1. The van der Waals surface area contributed by atoms with Gasteiger partial charge < -0.3 is 5.32 Å². The van der Waals surface area contributed by atoms with Gasteiger partial charge in [0.15, 0.2) is 0 Å². The van der Waals surface area contributed by atoms with E-state index in [0.29, 0.717) is 6.04 Å². The number of hydrogen-bond donors (Lipinski definition) is 1. The van der Waals surface area contributed by atoms with Crippen molar-refractivity contribution in [1.82, 2.24) is 5.32 Å². The molecule has 0 fully saturated rings. The fraction of sp³-hybridized carbons (Fsp3) is 0.600. The lowest BCUT2D eigenvalue weighted by Gasteiger charge is -2.12. The fourth-order valence-corrected chi connectivity index (χ4v) is 2.17. The Balaban J connectivity index is 2.66. The van der Waals surface area contributed by atoms with Crippen molar-refractivity contribution in [3.8, 4) is 0 Å². The Morgan fingerprint density at radius 3 is 2.75 bits per heavy atom. The zero-order chi connectivity index (χ0) is 8.97. The molecule has 1 aromatic heterocycles. The molecule has 0 aliphatic carbocycles. The molecule has 1 atom stereocenters. The largest absolute Gasteiger partial charge is 0.313 e. The van der Waals surface area contributed by atoms with Gasteiger partial charge in [-0.1, -0.05) is 13.3 Å². The van der Waals surface area contributed by atoms with Gasteiger partial charge in [0.1, 0.15) is 0 Å². The Morgan fingerprint density at radius 2 is 2.33 bits per heavy atom. The van der Waals surface area contributed by atoms with Gasteiger partial charge in [0.05, 0.1) is 0 Å². The summed E-state index contributed by atoms with van der Waals surface area (Å²) in [7, 11) is 2.04. The first-order valence-corrected chi connectivity index (χ1v) is 5.38. The molecule has 0 bridgehead atoms. The minimum absolute atomic E-state index is 0.556. The fourth-order valence-electron chi connectivity index (χ4n) is 1.41. The van der Waals surface area contributed by atoms with Crippen LogP contribution in [0.1, 0.15) is 36.2 Å². The van der Waals surface area contributed by atoms with Crippen LogP contribution in [0.15, 0.2) is 11.4 Å². The molecule has 0 spiro atoms. The summed E-state index contributed by atoms with van der Waals surface area (Å²) in [5.41, 5.74) is 1.45. The lowest BCUT2D eigenvalue weighted by Crippen LogP contribution is -2.15. The van der Waals surface area contributed by atoms with E-state index in [1.165, 1.54) is 23.3 Å². The van der Waals surface area contributed by atoms with E-state index >= 15 is 0 Å². The summed E-state index contributed by atoms with van der Waals surface area (Å²) in [4.78, 5) is 1.40. The molecule has 68 valence electrons. The number of rotatable bonds is 4. The number of hydrogen-bond acceptors (Lipinski definition) is 2. The highest BCUT2D eigenvalue weighted by atomic mass is 32.1. The molecule has 0 saturated heterocycles. The molecule has 2 heteroatoms. The summed E-state index contributed by atoms with van der Waals surface area (Å²) in [6.07, 6.45) is 2.47. The van der Waals surface area contributed by atoms with Crippen LogP contribution in [0.3, 0.4) is 0 Å². The van der Waals surface area contributed by atoms with E-state index in [-0.39, 0.29) is 0 Å². The zero-order valence-corrected chi connectivity index (χ0v) is 8.87. The lowest BCUT2D eigenvalue weighted by molar-refractivity contribution is 0.543. The molecule has 0 radical (unpaired) electrons. The van der Waals surface area contributed by atoms with Gasteiger partial charge in [-0.25, -0.2) is 0 Å². The van der Waals surface area contributed by atoms with Crippen molar-refractivity contribution in [1.29, 1.82) is 0 Å². The van der Waals surface area contributed by atoms with E-state index in [1.807, 2.05) is 18.4 Å². The Bertz CT molecular complexity index is 229. The van der Waals surface area contributed by atoms with Crippen molar-refractivity contribution in [3.05, 3.63) is 21.9 Å². The average Bonchev–Trinajstić information content (AvgIpc) is 2.47. The van der Waals surface area contributed by atoms with E-state index in [9.17, 15) is 0 Å². The molecule has 1 aromatic rings. The van der Waals surface area contributed by atoms with E-state index < -0.39 is 0 Å². The van der Waals surface area contributed by atoms with Crippen molar-refractivity contribution in [3.63, 3.8) is 0 Å². The number of aryl methyl sites for hydroxylation is 1.